The summed E-state index contributed by atoms with van der Waals surface area (Å²) in [5.74, 6) is 0.132. The summed E-state index contributed by atoms with van der Waals surface area (Å²) in [6.07, 6.45) is 1.36. The topological polar surface area (TPSA) is 58.6 Å². The standard InChI is InChI=1S/C23H29ClN2O3/c1-4-12-25-23(28)21(5-2)26(15-18-9-6-8-17(3)13-18)22(27)16-29-20-11-7-10-19(24)14-20/h6-11,13-14,21H,4-5,12,15-16H2,1-3H3,(H,25,28)/t21-/m1/s1. The third-order valence-corrected chi connectivity index (χ3v) is 4.76. The van der Waals surface area contributed by atoms with E-state index in [-0.39, 0.29) is 18.4 Å². The minimum absolute atomic E-state index is 0.141. The van der Waals surface area contributed by atoms with Crippen molar-refractivity contribution in [2.45, 2.75) is 46.2 Å². The maximum atomic E-state index is 13.1. The van der Waals surface area contributed by atoms with Gasteiger partial charge < -0.3 is 15.0 Å². The Morgan fingerprint density at radius 1 is 1.14 bits per heavy atom. The molecule has 0 radical (unpaired) electrons. The van der Waals surface area contributed by atoms with Crippen LogP contribution < -0.4 is 10.1 Å². The van der Waals surface area contributed by atoms with E-state index in [9.17, 15) is 9.59 Å². The van der Waals surface area contributed by atoms with Crippen molar-refractivity contribution in [3.8, 4) is 5.75 Å². The summed E-state index contributed by atoms with van der Waals surface area (Å²) in [6.45, 7) is 6.67. The molecule has 0 aliphatic heterocycles. The molecule has 0 aromatic heterocycles. The van der Waals surface area contributed by atoms with Crippen LogP contribution in [0.3, 0.4) is 0 Å². The number of carbonyl (C=O) groups excluding carboxylic acids is 2. The second kappa shape index (κ2) is 11.5. The van der Waals surface area contributed by atoms with Gasteiger partial charge in [0.15, 0.2) is 6.61 Å². The van der Waals surface area contributed by atoms with E-state index >= 15 is 0 Å². The molecule has 0 saturated carbocycles. The Bertz CT molecular complexity index is 825. The van der Waals surface area contributed by atoms with E-state index in [1.807, 2.05) is 45.0 Å². The number of hydrogen-bond donors (Lipinski definition) is 1. The van der Waals surface area contributed by atoms with Gasteiger partial charge in [-0.25, -0.2) is 0 Å². The lowest BCUT2D eigenvalue weighted by atomic mass is 10.1. The Labute approximate surface area is 178 Å². The first-order chi connectivity index (χ1) is 13.9. The molecule has 0 unspecified atom stereocenters. The van der Waals surface area contributed by atoms with Gasteiger partial charge in [0, 0.05) is 18.1 Å². The molecule has 2 rings (SSSR count). The highest BCUT2D eigenvalue weighted by Crippen LogP contribution is 2.18. The second-order valence-electron chi connectivity index (χ2n) is 6.97. The van der Waals surface area contributed by atoms with Crippen LogP contribution >= 0.6 is 11.6 Å². The fourth-order valence-corrected chi connectivity index (χ4v) is 3.26. The van der Waals surface area contributed by atoms with Gasteiger partial charge in [0.1, 0.15) is 11.8 Å². The summed E-state index contributed by atoms with van der Waals surface area (Å²) in [5, 5.41) is 3.44. The molecule has 0 heterocycles. The van der Waals surface area contributed by atoms with Crippen molar-refractivity contribution < 1.29 is 14.3 Å². The van der Waals surface area contributed by atoms with Crippen molar-refractivity contribution in [3.63, 3.8) is 0 Å². The van der Waals surface area contributed by atoms with Crippen molar-refractivity contribution in [1.82, 2.24) is 10.2 Å². The predicted octanol–water partition coefficient (Wildman–Crippen LogP) is 4.36. The smallest absolute Gasteiger partial charge is 0.261 e. The van der Waals surface area contributed by atoms with Gasteiger partial charge in [-0.2, -0.15) is 0 Å². The van der Waals surface area contributed by atoms with Crippen LogP contribution in [-0.2, 0) is 16.1 Å². The molecule has 0 bridgehead atoms. The van der Waals surface area contributed by atoms with E-state index < -0.39 is 6.04 Å². The summed E-state index contributed by atoms with van der Waals surface area (Å²) in [6, 6.07) is 14.3. The molecule has 0 aliphatic rings. The van der Waals surface area contributed by atoms with E-state index in [0.29, 0.717) is 30.3 Å². The fraction of sp³-hybridized carbons (Fsp3) is 0.391. The van der Waals surface area contributed by atoms with Crippen LogP contribution in [-0.4, -0.2) is 35.9 Å². The van der Waals surface area contributed by atoms with E-state index in [0.717, 1.165) is 17.5 Å². The number of amides is 2. The number of aryl methyl sites for hydroxylation is 1. The monoisotopic (exact) mass is 416 g/mol. The lowest BCUT2D eigenvalue weighted by Gasteiger charge is -2.30. The number of ether oxygens (including phenoxy) is 1. The molecule has 2 amide bonds. The summed E-state index contributed by atoms with van der Waals surface area (Å²) in [7, 11) is 0. The van der Waals surface area contributed by atoms with Crippen LogP contribution in [0, 0.1) is 6.92 Å². The van der Waals surface area contributed by atoms with Crippen LogP contribution in [0.4, 0.5) is 0 Å². The lowest BCUT2D eigenvalue weighted by molar-refractivity contribution is -0.143. The van der Waals surface area contributed by atoms with Gasteiger partial charge in [-0.05, 0) is 43.5 Å². The van der Waals surface area contributed by atoms with Gasteiger partial charge in [0.25, 0.3) is 5.91 Å². The minimum Gasteiger partial charge on any atom is -0.484 e. The van der Waals surface area contributed by atoms with Gasteiger partial charge in [-0.15, -0.1) is 0 Å². The molecule has 0 spiro atoms. The molecule has 5 nitrogen and oxygen atoms in total. The molecule has 1 atom stereocenters. The molecule has 29 heavy (non-hydrogen) atoms. The molecule has 6 heteroatoms. The average molecular weight is 417 g/mol. The third kappa shape index (κ3) is 7.09. The highest BCUT2D eigenvalue weighted by atomic mass is 35.5. The van der Waals surface area contributed by atoms with E-state index in [4.69, 9.17) is 16.3 Å². The number of nitrogens with one attached hydrogen (secondary N) is 1. The van der Waals surface area contributed by atoms with E-state index in [1.54, 1.807) is 29.2 Å². The molecule has 2 aromatic carbocycles. The van der Waals surface area contributed by atoms with Gasteiger partial charge in [-0.1, -0.05) is 61.3 Å². The van der Waals surface area contributed by atoms with Gasteiger partial charge in [-0.3, -0.25) is 9.59 Å². The number of rotatable bonds is 10. The third-order valence-electron chi connectivity index (χ3n) is 4.53. The van der Waals surface area contributed by atoms with Gasteiger partial charge >= 0.3 is 0 Å². The lowest BCUT2D eigenvalue weighted by Crippen LogP contribution is -2.50. The zero-order valence-electron chi connectivity index (χ0n) is 17.3. The zero-order valence-corrected chi connectivity index (χ0v) is 18.0. The maximum Gasteiger partial charge on any atom is 0.261 e. The van der Waals surface area contributed by atoms with Gasteiger partial charge in [0.05, 0.1) is 0 Å². The first kappa shape index (κ1) is 22.8. The Hall–Kier alpha value is -2.53. The van der Waals surface area contributed by atoms with Crippen molar-refractivity contribution in [2.75, 3.05) is 13.2 Å². The van der Waals surface area contributed by atoms with Crippen molar-refractivity contribution in [3.05, 3.63) is 64.7 Å². The first-order valence-electron chi connectivity index (χ1n) is 9.95. The summed E-state index contributed by atoms with van der Waals surface area (Å²) in [5.41, 5.74) is 2.08. The van der Waals surface area contributed by atoms with Crippen molar-refractivity contribution in [1.29, 1.82) is 0 Å². The summed E-state index contributed by atoms with van der Waals surface area (Å²) < 4.78 is 5.64. The van der Waals surface area contributed by atoms with Crippen LogP contribution in [0.25, 0.3) is 0 Å². The van der Waals surface area contributed by atoms with Crippen molar-refractivity contribution >= 4 is 23.4 Å². The van der Waals surface area contributed by atoms with E-state index in [2.05, 4.69) is 5.32 Å². The number of hydrogen-bond acceptors (Lipinski definition) is 3. The highest BCUT2D eigenvalue weighted by Gasteiger charge is 2.28. The van der Waals surface area contributed by atoms with E-state index in [1.165, 1.54) is 0 Å². The Morgan fingerprint density at radius 2 is 1.90 bits per heavy atom. The highest BCUT2D eigenvalue weighted by molar-refractivity contribution is 6.30. The Balaban J connectivity index is 2.19. The van der Waals surface area contributed by atoms with Crippen LogP contribution in [0.15, 0.2) is 48.5 Å². The molecule has 0 saturated heterocycles. The van der Waals surface area contributed by atoms with Crippen LogP contribution in [0.5, 0.6) is 5.75 Å². The van der Waals surface area contributed by atoms with Crippen molar-refractivity contribution in [2.24, 2.45) is 0 Å². The molecule has 0 aliphatic carbocycles. The quantitative estimate of drug-likeness (QED) is 0.626. The number of nitrogens with zero attached hydrogens (tertiary/aromatic N) is 1. The Morgan fingerprint density at radius 3 is 2.55 bits per heavy atom. The number of halogens is 1. The maximum absolute atomic E-state index is 13.1. The average Bonchev–Trinajstić information content (AvgIpc) is 2.70. The molecule has 2 aromatic rings. The zero-order chi connectivity index (χ0) is 21.2. The van der Waals surface area contributed by atoms with Gasteiger partial charge in [0.2, 0.25) is 5.91 Å². The molecular formula is C23H29ClN2O3. The first-order valence-corrected chi connectivity index (χ1v) is 10.3. The molecule has 1 N–H and O–H groups in total. The molecule has 0 fully saturated rings. The van der Waals surface area contributed by atoms with Crippen LogP contribution in [0.2, 0.25) is 5.02 Å². The fourth-order valence-electron chi connectivity index (χ4n) is 3.08. The molecular weight excluding hydrogens is 388 g/mol. The Kier molecular flexibility index (Phi) is 9.00. The summed E-state index contributed by atoms with van der Waals surface area (Å²) >= 11 is 5.98. The largest absolute Gasteiger partial charge is 0.484 e. The second-order valence-corrected chi connectivity index (χ2v) is 7.41. The molecule has 156 valence electrons. The number of benzene rings is 2. The summed E-state index contributed by atoms with van der Waals surface area (Å²) in [4.78, 5) is 27.4. The minimum atomic E-state index is -0.558. The number of carbonyl (C=O) groups is 2. The normalized spacial score (nSPS) is 11.6. The van der Waals surface area contributed by atoms with Crippen LogP contribution in [0.1, 0.15) is 37.8 Å². The SMILES string of the molecule is CCCNC(=O)[C@@H](CC)N(Cc1cccc(C)c1)C(=O)COc1cccc(Cl)c1. The predicted molar refractivity (Wildman–Crippen MR) is 116 cm³/mol.